The normalized spacial score (nSPS) is 11.1. The van der Waals surface area contributed by atoms with Crippen LogP contribution >= 0.6 is 0 Å². The Kier molecular flexibility index (Phi) is 4.63. The first-order valence-corrected chi connectivity index (χ1v) is 7.09. The molecule has 0 bridgehead atoms. The fourth-order valence-electron chi connectivity index (χ4n) is 2.75. The van der Waals surface area contributed by atoms with E-state index in [4.69, 9.17) is 0 Å². The fraction of sp³-hybridized carbons (Fsp3) is 0.412. The van der Waals surface area contributed by atoms with Gasteiger partial charge in [0.15, 0.2) is 0 Å². The molecule has 0 saturated heterocycles. The van der Waals surface area contributed by atoms with Crippen LogP contribution in [0.25, 0.3) is 11.3 Å². The van der Waals surface area contributed by atoms with Gasteiger partial charge in [-0.15, -0.1) is 0 Å². The Morgan fingerprint density at radius 2 is 1.67 bits per heavy atom. The molecule has 0 atom stereocenters. The van der Waals surface area contributed by atoms with Crippen LogP contribution in [0.5, 0.6) is 0 Å². The molecule has 0 amide bonds. The summed E-state index contributed by atoms with van der Waals surface area (Å²) in [6.45, 7) is 4.56. The maximum absolute atomic E-state index is 3.33. The summed E-state index contributed by atoms with van der Waals surface area (Å²) in [6.07, 6.45) is 7.07. The summed E-state index contributed by atoms with van der Waals surface area (Å²) in [7, 11) is 0. The summed E-state index contributed by atoms with van der Waals surface area (Å²) in [4.78, 5) is 3.33. The Balaban J connectivity index is 2.36. The van der Waals surface area contributed by atoms with Gasteiger partial charge in [0.1, 0.15) is 0 Å². The molecule has 1 nitrogen and oxygen atoms in total. The van der Waals surface area contributed by atoms with Gasteiger partial charge in [0.25, 0.3) is 0 Å². The predicted octanol–water partition coefficient (Wildman–Crippen LogP) is 5.37. The third-order valence-electron chi connectivity index (χ3n) is 3.56. The molecule has 1 N–H and O–H groups in total. The number of hydrogen-bond acceptors (Lipinski definition) is 0. The van der Waals surface area contributed by atoms with Crippen molar-refractivity contribution >= 4 is 0 Å². The van der Waals surface area contributed by atoms with E-state index in [2.05, 4.69) is 55.2 Å². The van der Waals surface area contributed by atoms with Crippen molar-refractivity contribution in [1.82, 2.24) is 4.98 Å². The van der Waals surface area contributed by atoms with E-state index < -0.39 is 0 Å². The number of nitrogens with one attached hydrogen (secondary N) is 1. The van der Waals surface area contributed by atoms with Crippen molar-refractivity contribution in [3.63, 3.8) is 0 Å². The van der Waals surface area contributed by atoms with Crippen molar-refractivity contribution in [2.75, 3.05) is 0 Å². The molecular formula is C17H23N. The molecule has 2 aromatic rings. The summed E-state index contributed by atoms with van der Waals surface area (Å²) in [5.41, 5.74) is 4.11. The van der Waals surface area contributed by atoms with Gasteiger partial charge in [-0.05, 0) is 36.5 Å². The molecular weight excluding hydrogens is 218 g/mol. The van der Waals surface area contributed by atoms with Crippen molar-refractivity contribution in [3.8, 4) is 11.3 Å². The summed E-state index contributed by atoms with van der Waals surface area (Å²) in [5, 5.41) is 0. The first kappa shape index (κ1) is 12.9. The van der Waals surface area contributed by atoms with Crippen LogP contribution in [-0.2, 0) is 0 Å². The molecule has 96 valence electrons. The maximum Gasteiger partial charge on any atom is 0.0456 e. The lowest BCUT2D eigenvalue weighted by Crippen LogP contribution is -2.00. The molecule has 0 aliphatic carbocycles. The van der Waals surface area contributed by atoms with Crippen molar-refractivity contribution < 1.29 is 0 Å². The molecule has 0 saturated carbocycles. The third kappa shape index (κ3) is 2.84. The molecule has 0 unspecified atom stereocenters. The Morgan fingerprint density at radius 1 is 0.944 bits per heavy atom. The zero-order valence-electron chi connectivity index (χ0n) is 11.4. The largest absolute Gasteiger partial charge is 0.361 e. The molecule has 0 aliphatic heterocycles. The van der Waals surface area contributed by atoms with E-state index in [-0.39, 0.29) is 0 Å². The SMILES string of the molecule is CCCC(CCC)c1ccccc1-c1ccc[nH]1. The molecule has 1 heterocycles. The van der Waals surface area contributed by atoms with Crippen LogP contribution in [0.15, 0.2) is 42.6 Å². The summed E-state index contributed by atoms with van der Waals surface area (Å²) < 4.78 is 0. The number of H-pyrrole nitrogens is 1. The highest BCUT2D eigenvalue weighted by atomic mass is 14.7. The van der Waals surface area contributed by atoms with Gasteiger partial charge in [-0.25, -0.2) is 0 Å². The van der Waals surface area contributed by atoms with Crippen LogP contribution in [0, 0.1) is 0 Å². The monoisotopic (exact) mass is 241 g/mol. The average Bonchev–Trinajstić information content (AvgIpc) is 2.92. The van der Waals surface area contributed by atoms with E-state index in [0.29, 0.717) is 5.92 Å². The van der Waals surface area contributed by atoms with Gasteiger partial charge >= 0.3 is 0 Å². The molecule has 0 aliphatic rings. The second-order valence-corrected chi connectivity index (χ2v) is 4.95. The van der Waals surface area contributed by atoms with Crippen LogP contribution in [-0.4, -0.2) is 4.98 Å². The second-order valence-electron chi connectivity index (χ2n) is 4.95. The molecule has 2 rings (SSSR count). The van der Waals surface area contributed by atoms with Gasteiger partial charge < -0.3 is 4.98 Å². The summed E-state index contributed by atoms with van der Waals surface area (Å²) in [5.74, 6) is 0.694. The highest BCUT2D eigenvalue weighted by Crippen LogP contribution is 2.33. The van der Waals surface area contributed by atoms with Crippen molar-refractivity contribution in [2.45, 2.75) is 45.4 Å². The van der Waals surface area contributed by atoms with Gasteiger partial charge in [-0.2, -0.15) is 0 Å². The minimum atomic E-state index is 0.694. The first-order chi connectivity index (χ1) is 8.86. The number of benzene rings is 1. The fourth-order valence-corrected chi connectivity index (χ4v) is 2.75. The molecule has 18 heavy (non-hydrogen) atoms. The maximum atomic E-state index is 3.33. The summed E-state index contributed by atoms with van der Waals surface area (Å²) in [6, 6.07) is 13.1. The van der Waals surface area contributed by atoms with Crippen molar-refractivity contribution in [1.29, 1.82) is 0 Å². The van der Waals surface area contributed by atoms with Crippen molar-refractivity contribution in [2.24, 2.45) is 0 Å². The van der Waals surface area contributed by atoms with E-state index >= 15 is 0 Å². The topological polar surface area (TPSA) is 15.8 Å². The second kappa shape index (κ2) is 6.44. The van der Waals surface area contributed by atoms with Gasteiger partial charge in [0, 0.05) is 17.5 Å². The van der Waals surface area contributed by atoms with Gasteiger partial charge in [0.2, 0.25) is 0 Å². The van der Waals surface area contributed by atoms with Crippen LogP contribution in [0.4, 0.5) is 0 Å². The van der Waals surface area contributed by atoms with Crippen LogP contribution < -0.4 is 0 Å². The van der Waals surface area contributed by atoms with Crippen LogP contribution in [0.2, 0.25) is 0 Å². The molecule has 0 fully saturated rings. The number of aromatic amines is 1. The van der Waals surface area contributed by atoms with E-state index in [9.17, 15) is 0 Å². The molecule has 1 heteroatoms. The lowest BCUT2D eigenvalue weighted by atomic mass is 9.86. The highest BCUT2D eigenvalue weighted by Gasteiger charge is 2.14. The van der Waals surface area contributed by atoms with Crippen molar-refractivity contribution in [3.05, 3.63) is 48.2 Å². The average molecular weight is 241 g/mol. The minimum absolute atomic E-state index is 0.694. The predicted molar refractivity (Wildman–Crippen MR) is 78.8 cm³/mol. The van der Waals surface area contributed by atoms with E-state index in [0.717, 1.165) is 0 Å². The minimum Gasteiger partial charge on any atom is -0.361 e. The quantitative estimate of drug-likeness (QED) is 0.700. The summed E-state index contributed by atoms with van der Waals surface area (Å²) >= 11 is 0. The molecule has 0 radical (unpaired) electrons. The number of hydrogen-bond donors (Lipinski definition) is 1. The van der Waals surface area contributed by atoms with Gasteiger partial charge in [-0.3, -0.25) is 0 Å². The first-order valence-electron chi connectivity index (χ1n) is 7.09. The Bertz CT molecular complexity index is 450. The van der Waals surface area contributed by atoms with E-state index in [1.165, 1.54) is 42.5 Å². The molecule has 1 aromatic carbocycles. The Morgan fingerprint density at radius 3 is 2.28 bits per heavy atom. The Labute approximate surface area is 110 Å². The standard InChI is InChI=1S/C17H23N/c1-3-8-14(9-4-2)15-10-5-6-11-16(15)17-12-7-13-18-17/h5-7,10-14,18H,3-4,8-9H2,1-2H3. The highest BCUT2D eigenvalue weighted by molar-refractivity contribution is 5.64. The zero-order valence-corrected chi connectivity index (χ0v) is 11.4. The smallest absolute Gasteiger partial charge is 0.0456 e. The van der Waals surface area contributed by atoms with Crippen LogP contribution in [0.1, 0.15) is 51.0 Å². The lowest BCUT2D eigenvalue weighted by Gasteiger charge is -2.19. The lowest BCUT2D eigenvalue weighted by molar-refractivity contribution is 0.562. The zero-order chi connectivity index (χ0) is 12.8. The number of rotatable bonds is 6. The third-order valence-corrected chi connectivity index (χ3v) is 3.56. The molecule has 0 spiro atoms. The number of aromatic nitrogens is 1. The van der Waals surface area contributed by atoms with Gasteiger partial charge in [0.05, 0.1) is 0 Å². The van der Waals surface area contributed by atoms with Gasteiger partial charge in [-0.1, -0.05) is 51.0 Å². The van der Waals surface area contributed by atoms with Crippen LogP contribution in [0.3, 0.4) is 0 Å². The van der Waals surface area contributed by atoms with E-state index in [1.807, 2.05) is 6.20 Å². The van der Waals surface area contributed by atoms with E-state index in [1.54, 1.807) is 0 Å². The Hall–Kier alpha value is -1.50. The molecule has 1 aromatic heterocycles.